The Labute approximate surface area is 85.7 Å². The summed E-state index contributed by atoms with van der Waals surface area (Å²) < 4.78 is 0. The molecule has 76 valence electrons. The Balaban J connectivity index is 1.86. The molecule has 2 nitrogen and oxygen atoms in total. The van der Waals surface area contributed by atoms with Crippen molar-refractivity contribution in [2.75, 3.05) is 18.5 Å². The van der Waals surface area contributed by atoms with E-state index in [1.54, 1.807) is 0 Å². The van der Waals surface area contributed by atoms with Gasteiger partial charge in [0, 0.05) is 24.8 Å². The first-order chi connectivity index (χ1) is 6.70. The topological polar surface area (TPSA) is 29.3 Å². The molecule has 1 saturated carbocycles. The van der Waals surface area contributed by atoms with Gasteiger partial charge in [0.25, 0.3) is 0 Å². The Bertz CT molecular complexity index is 290. The van der Waals surface area contributed by atoms with Crippen molar-refractivity contribution >= 4 is 5.69 Å². The monoisotopic (exact) mass is 190 g/mol. The molecular formula is C12H18N2. The number of hydrogen-bond acceptors (Lipinski definition) is 2. The van der Waals surface area contributed by atoms with E-state index >= 15 is 0 Å². The maximum Gasteiger partial charge on any atom is 0.0363 e. The van der Waals surface area contributed by atoms with Gasteiger partial charge in [-0.2, -0.15) is 0 Å². The van der Waals surface area contributed by atoms with E-state index < -0.39 is 0 Å². The minimum atomic E-state index is 0.170. The van der Waals surface area contributed by atoms with Gasteiger partial charge in [-0.25, -0.2) is 0 Å². The molecule has 1 aromatic carbocycles. The summed E-state index contributed by atoms with van der Waals surface area (Å²) in [5, 5.41) is 0. The summed E-state index contributed by atoms with van der Waals surface area (Å²) in [5.41, 5.74) is 7.49. The van der Waals surface area contributed by atoms with Gasteiger partial charge in [0.1, 0.15) is 0 Å². The molecule has 2 heteroatoms. The quantitative estimate of drug-likeness (QED) is 0.787. The first-order valence-corrected chi connectivity index (χ1v) is 5.25. The zero-order chi connectivity index (χ0) is 10.0. The number of para-hydroxylation sites is 1. The van der Waals surface area contributed by atoms with Crippen LogP contribution in [0.2, 0.25) is 0 Å². The van der Waals surface area contributed by atoms with Gasteiger partial charge in [0.15, 0.2) is 0 Å². The third-order valence-corrected chi connectivity index (χ3v) is 3.03. The smallest absolute Gasteiger partial charge is 0.0363 e. The van der Waals surface area contributed by atoms with Crippen LogP contribution in [0, 0.1) is 0 Å². The molecule has 0 spiro atoms. The highest BCUT2D eigenvalue weighted by Crippen LogP contribution is 2.35. The Kier molecular flexibility index (Phi) is 2.46. The molecule has 0 radical (unpaired) electrons. The van der Waals surface area contributed by atoms with Crippen molar-refractivity contribution in [2.45, 2.75) is 24.8 Å². The van der Waals surface area contributed by atoms with Gasteiger partial charge in [0.2, 0.25) is 0 Å². The standard InChI is InChI=1S/C12H18N2/c1-14(10-9-12(13)7-8-12)11-5-3-2-4-6-11/h2-6H,7-10,13H2,1H3. The number of nitrogens with two attached hydrogens (primary N) is 1. The fraction of sp³-hybridized carbons (Fsp3) is 0.500. The van der Waals surface area contributed by atoms with Gasteiger partial charge in [-0.15, -0.1) is 0 Å². The number of rotatable bonds is 4. The van der Waals surface area contributed by atoms with Crippen LogP contribution in [-0.4, -0.2) is 19.1 Å². The van der Waals surface area contributed by atoms with Crippen molar-refractivity contribution in [1.29, 1.82) is 0 Å². The normalized spacial score (nSPS) is 17.9. The Morgan fingerprint density at radius 2 is 1.93 bits per heavy atom. The highest BCUT2D eigenvalue weighted by atomic mass is 15.1. The lowest BCUT2D eigenvalue weighted by molar-refractivity contribution is 0.606. The summed E-state index contributed by atoms with van der Waals surface area (Å²) in [7, 11) is 2.13. The lowest BCUT2D eigenvalue weighted by Gasteiger charge is -2.21. The second-order valence-corrected chi connectivity index (χ2v) is 4.37. The van der Waals surface area contributed by atoms with Gasteiger partial charge in [-0.1, -0.05) is 18.2 Å². The summed E-state index contributed by atoms with van der Waals surface area (Å²) in [6.07, 6.45) is 3.52. The maximum absolute atomic E-state index is 6.05. The predicted molar refractivity (Wildman–Crippen MR) is 60.5 cm³/mol. The van der Waals surface area contributed by atoms with Crippen LogP contribution in [-0.2, 0) is 0 Å². The summed E-state index contributed by atoms with van der Waals surface area (Å²) in [5.74, 6) is 0. The van der Waals surface area contributed by atoms with Crippen LogP contribution in [0.25, 0.3) is 0 Å². The molecule has 0 amide bonds. The highest BCUT2D eigenvalue weighted by Gasteiger charge is 2.37. The van der Waals surface area contributed by atoms with Crippen molar-refractivity contribution in [3.8, 4) is 0 Å². The Hall–Kier alpha value is -1.02. The number of nitrogens with zero attached hydrogens (tertiary/aromatic N) is 1. The van der Waals surface area contributed by atoms with E-state index in [0.29, 0.717) is 0 Å². The third kappa shape index (κ3) is 2.26. The highest BCUT2D eigenvalue weighted by molar-refractivity contribution is 5.44. The summed E-state index contributed by atoms with van der Waals surface area (Å²) in [4.78, 5) is 2.27. The Morgan fingerprint density at radius 3 is 2.50 bits per heavy atom. The molecule has 1 aromatic rings. The average molecular weight is 190 g/mol. The molecule has 2 rings (SSSR count). The molecule has 0 heterocycles. The van der Waals surface area contributed by atoms with Crippen molar-refractivity contribution < 1.29 is 0 Å². The molecule has 14 heavy (non-hydrogen) atoms. The number of benzene rings is 1. The molecule has 0 unspecified atom stereocenters. The first kappa shape index (κ1) is 9.53. The summed E-state index contributed by atoms with van der Waals surface area (Å²) in [6, 6.07) is 10.5. The van der Waals surface area contributed by atoms with Crippen molar-refractivity contribution in [2.24, 2.45) is 5.73 Å². The number of anilines is 1. The van der Waals surface area contributed by atoms with Crippen LogP contribution in [0.4, 0.5) is 5.69 Å². The summed E-state index contributed by atoms with van der Waals surface area (Å²) in [6.45, 7) is 1.06. The van der Waals surface area contributed by atoms with E-state index in [1.165, 1.54) is 18.5 Å². The zero-order valence-electron chi connectivity index (χ0n) is 8.74. The van der Waals surface area contributed by atoms with E-state index in [4.69, 9.17) is 5.73 Å². The second-order valence-electron chi connectivity index (χ2n) is 4.37. The number of hydrogen-bond donors (Lipinski definition) is 1. The van der Waals surface area contributed by atoms with E-state index in [9.17, 15) is 0 Å². The minimum absolute atomic E-state index is 0.170. The molecule has 1 aliphatic carbocycles. The lowest BCUT2D eigenvalue weighted by atomic mass is 10.2. The van der Waals surface area contributed by atoms with Crippen molar-refractivity contribution in [3.63, 3.8) is 0 Å². The molecule has 0 aliphatic heterocycles. The second kappa shape index (κ2) is 3.62. The van der Waals surface area contributed by atoms with Gasteiger partial charge < -0.3 is 10.6 Å². The SMILES string of the molecule is CN(CCC1(N)CC1)c1ccccc1. The van der Waals surface area contributed by atoms with E-state index in [2.05, 4.69) is 36.2 Å². The van der Waals surface area contributed by atoms with E-state index in [0.717, 1.165) is 13.0 Å². The molecule has 0 saturated heterocycles. The molecule has 2 N–H and O–H groups in total. The minimum Gasteiger partial charge on any atom is -0.375 e. The first-order valence-electron chi connectivity index (χ1n) is 5.25. The van der Waals surface area contributed by atoms with E-state index in [1.807, 2.05) is 6.07 Å². The fourth-order valence-corrected chi connectivity index (χ4v) is 1.61. The van der Waals surface area contributed by atoms with Crippen LogP contribution in [0.15, 0.2) is 30.3 Å². The van der Waals surface area contributed by atoms with Crippen LogP contribution < -0.4 is 10.6 Å². The average Bonchev–Trinajstić information content (AvgIpc) is 2.95. The lowest BCUT2D eigenvalue weighted by Crippen LogP contribution is -2.29. The largest absolute Gasteiger partial charge is 0.375 e. The fourth-order valence-electron chi connectivity index (χ4n) is 1.61. The molecule has 0 atom stereocenters. The molecular weight excluding hydrogens is 172 g/mol. The van der Waals surface area contributed by atoms with Crippen molar-refractivity contribution in [3.05, 3.63) is 30.3 Å². The van der Waals surface area contributed by atoms with Crippen LogP contribution >= 0.6 is 0 Å². The van der Waals surface area contributed by atoms with Gasteiger partial charge in [0.05, 0.1) is 0 Å². The van der Waals surface area contributed by atoms with E-state index in [-0.39, 0.29) is 5.54 Å². The molecule has 0 bridgehead atoms. The van der Waals surface area contributed by atoms with Crippen molar-refractivity contribution in [1.82, 2.24) is 0 Å². The van der Waals surface area contributed by atoms with Crippen LogP contribution in [0.1, 0.15) is 19.3 Å². The Morgan fingerprint density at radius 1 is 1.29 bits per heavy atom. The van der Waals surface area contributed by atoms with Crippen LogP contribution in [0.3, 0.4) is 0 Å². The van der Waals surface area contributed by atoms with Gasteiger partial charge in [-0.05, 0) is 31.4 Å². The third-order valence-electron chi connectivity index (χ3n) is 3.03. The van der Waals surface area contributed by atoms with Crippen LogP contribution in [0.5, 0.6) is 0 Å². The zero-order valence-corrected chi connectivity index (χ0v) is 8.74. The molecule has 0 aromatic heterocycles. The summed E-state index contributed by atoms with van der Waals surface area (Å²) >= 11 is 0. The van der Waals surface area contributed by atoms with Gasteiger partial charge >= 0.3 is 0 Å². The van der Waals surface area contributed by atoms with Gasteiger partial charge in [-0.3, -0.25) is 0 Å². The maximum atomic E-state index is 6.05. The predicted octanol–water partition coefficient (Wildman–Crippen LogP) is 2.00. The molecule has 1 aliphatic rings. The molecule has 1 fully saturated rings.